The first-order valence-corrected chi connectivity index (χ1v) is 9.48. The van der Waals surface area contributed by atoms with Crippen molar-refractivity contribution >= 4 is 29.2 Å². The summed E-state index contributed by atoms with van der Waals surface area (Å²) in [5, 5.41) is 13.2. The number of amides is 2. The number of hydrogen-bond acceptors (Lipinski definition) is 6. The molecule has 9 nitrogen and oxygen atoms in total. The van der Waals surface area contributed by atoms with Crippen molar-refractivity contribution in [1.82, 2.24) is 5.32 Å². The summed E-state index contributed by atoms with van der Waals surface area (Å²) in [7, 11) is 0. The van der Waals surface area contributed by atoms with Crippen LogP contribution in [0.2, 0.25) is 0 Å². The van der Waals surface area contributed by atoms with Gasteiger partial charge in [-0.3, -0.25) is 24.5 Å². The molecular formula is C21H21N3O6. The van der Waals surface area contributed by atoms with Crippen molar-refractivity contribution in [3.63, 3.8) is 0 Å². The maximum Gasteiger partial charge on any atom is 0.308 e. The van der Waals surface area contributed by atoms with Crippen molar-refractivity contribution in [2.45, 2.75) is 25.9 Å². The van der Waals surface area contributed by atoms with Crippen LogP contribution in [0.3, 0.4) is 0 Å². The van der Waals surface area contributed by atoms with Crippen molar-refractivity contribution in [3.05, 3.63) is 69.8 Å². The molecule has 0 fully saturated rings. The van der Waals surface area contributed by atoms with Gasteiger partial charge < -0.3 is 15.0 Å². The molecule has 0 bridgehead atoms. The van der Waals surface area contributed by atoms with Crippen molar-refractivity contribution in [1.29, 1.82) is 0 Å². The topological polar surface area (TPSA) is 119 Å². The number of rotatable bonds is 7. The highest BCUT2D eigenvalue weighted by molar-refractivity contribution is 5.99. The Morgan fingerprint density at radius 1 is 1.17 bits per heavy atom. The molecule has 1 N–H and O–H groups in total. The van der Waals surface area contributed by atoms with E-state index in [2.05, 4.69) is 5.32 Å². The van der Waals surface area contributed by atoms with E-state index in [0.29, 0.717) is 6.54 Å². The number of para-hydroxylation sites is 1. The minimum absolute atomic E-state index is 0.0160. The van der Waals surface area contributed by atoms with Crippen LogP contribution in [0.1, 0.15) is 29.3 Å². The van der Waals surface area contributed by atoms with Crippen LogP contribution < -0.4 is 10.2 Å². The van der Waals surface area contributed by atoms with Crippen LogP contribution in [0.25, 0.3) is 0 Å². The number of non-ortho nitro benzene ring substituents is 1. The molecule has 1 atom stereocenters. The first-order valence-electron chi connectivity index (χ1n) is 9.48. The fourth-order valence-electron chi connectivity index (χ4n) is 3.21. The fraction of sp³-hybridized carbons (Fsp3) is 0.286. The Bertz CT molecular complexity index is 973. The fourth-order valence-corrected chi connectivity index (χ4v) is 3.21. The van der Waals surface area contributed by atoms with E-state index < -0.39 is 22.9 Å². The number of fused-ring (bicyclic) bond motifs is 1. The molecule has 2 aromatic carbocycles. The number of benzene rings is 2. The number of ether oxygens (including phenoxy) is 1. The molecule has 2 amide bonds. The highest BCUT2D eigenvalue weighted by Crippen LogP contribution is 2.28. The Morgan fingerprint density at radius 2 is 1.87 bits per heavy atom. The average Bonchev–Trinajstić information content (AvgIpc) is 3.17. The Balaban J connectivity index is 1.44. The number of esters is 1. The van der Waals surface area contributed by atoms with E-state index in [1.807, 2.05) is 24.3 Å². The van der Waals surface area contributed by atoms with Crippen LogP contribution >= 0.6 is 0 Å². The lowest BCUT2D eigenvalue weighted by Crippen LogP contribution is -2.39. The van der Waals surface area contributed by atoms with E-state index in [9.17, 15) is 24.5 Å². The number of carbonyl (C=O) groups is 3. The maximum absolute atomic E-state index is 12.6. The third-order valence-electron chi connectivity index (χ3n) is 4.76. The van der Waals surface area contributed by atoms with E-state index >= 15 is 0 Å². The van der Waals surface area contributed by atoms with E-state index in [-0.39, 0.29) is 30.1 Å². The third-order valence-corrected chi connectivity index (χ3v) is 4.76. The highest BCUT2D eigenvalue weighted by atomic mass is 16.6. The number of nitro groups is 1. The first kappa shape index (κ1) is 21.0. The molecule has 0 spiro atoms. The monoisotopic (exact) mass is 411 g/mol. The van der Waals surface area contributed by atoms with Crippen molar-refractivity contribution in [2.75, 3.05) is 18.0 Å². The predicted octanol–water partition coefficient (Wildman–Crippen LogP) is 2.24. The third kappa shape index (κ3) is 4.80. The van der Waals surface area contributed by atoms with Gasteiger partial charge in [0, 0.05) is 36.5 Å². The van der Waals surface area contributed by atoms with Crippen LogP contribution in [0, 0.1) is 10.1 Å². The number of nitro benzene ring substituents is 1. The zero-order valence-electron chi connectivity index (χ0n) is 16.4. The molecule has 0 saturated carbocycles. The van der Waals surface area contributed by atoms with Crippen LogP contribution in [0.15, 0.2) is 48.5 Å². The molecule has 0 radical (unpaired) electrons. The lowest BCUT2D eigenvalue weighted by Gasteiger charge is -2.21. The molecule has 1 heterocycles. The molecule has 156 valence electrons. The molecule has 3 rings (SSSR count). The Kier molecular flexibility index (Phi) is 6.41. The summed E-state index contributed by atoms with van der Waals surface area (Å²) >= 11 is 0. The van der Waals surface area contributed by atoms with Gasteiger partial charge in [-0.05, 0) is 37.1 Å². The van der Waals surface area contributed by atoms with Gasteiger partial charge in [0.2, 0.25) is 0 Å². The summed E-state index contributed by atoms with van der Waals surface area (Å²) in [5.41, 5.74) is 2.04. The van der Waals surface area contributed by atoms with Crippen LogP contribution in [0.4, 0.5) is 11.4 Å². The van der Waals surface area contributed by atoms with Gasteiger partial charge in [0.1, 0.15) is 0 Å². The van der Waals surface area contributed by atoms with Gasteiger partial charge in [-0.1, -0.05) is 18.2 Å². The molecule has 30 heavy (non-hydrogen) atoms. The van der Waals surface area contributed by atoms with Gasteiger partial charge in [-0.25, -0.2) is 0 Å². The number of nitrogens with one attached hydrogen (secondary N) is 1. The summed E-state index contributed by atoms with van der Waals surface area (Å²) in [6, 6.07) is 12.7. The molecule has 9 heteroatoms. The molecule has 0 aliphatic carbocycles. The average molecular weight is 411 g/mol. The number of nitrogens with zero attached hydrogens (tertiary/aromatic N) is 2. The van der Waals surface area contributed by atoms with E-state index in [1.54, 1.807) is 4.90 Å². The van der Waals surface area contributed by atoms with Crippen LogP contribution in [0.5, 0.6) is 0 Å². The highest BCUT2D eigenvalue weighted by Gasteiger charge is 2.29. The zero-order valence-corrected chi connectivity index (χ0v) is 16.4. The molecule has 1 aliphatic rings. The minimum atomic E-state index is -0.936. The molecule has 0 aromatic heterocycles. The van der Waals surface area contributed by atoms with Crippen molar-refractivity contribution in [2.24, 2.45) is 0 Å². The lowest BCUT2D eigenvalue weighted by molar-refractivity contribution is -0.384. The van der Waals surface area contributed by atoms with Gasteiger partial charge >= 0.3 is 5.97 Å². The smallest absolute Gasteiger partial charge is 0.308 e. The SMILES string of the molecule is C[C@@H](OC(=O)CCNC(=O)c1ccc([N+](=O)[O-])cc1)C(=O)N1CCc2ccccc21. The van der Waals surface area contributed by atoms with Crippen molar-refractivity contribution in [3.8, 4) is 0 Å². The van der Waals surface area contributed by atoms with Gasteiger partial charge in [0.25, 0.3) is 17.5 Å². The number of anilines is 1. The van der Waals surface area contributed by atoms with Crippen molar-refractivity contribution < 1.29 is 24.0 Å². The van der Waals surface area contributed by atoms with E-state index in [0.717, 1.165) is 17.7 Å². The second-order valence-electron chi connectivity index (χ2n) is 6.81. The molecule has 0 saturated heterocycles. The number of hydrogen-bond donors (Lipinski definition) is 1. The molecule has 1 aliphatic heterocycles. The Morgan fingerprint density at radius 3 is 2.57 bits per heavy atom. The minimum Gasteiger partial charge on any atom is -0.452 e. The standard InChI is InChI=1S/C21H21N3O6/c1-14(21(27)23-13-11-15-4-2-3-5-18(15)23)30-19(25)10-12-22-20(26)16-6-8-17(9-7-16)24(28)29/h2-9,14H,10-13H2,1H3,(H,22,26)/t14-/m1/s1. The summed E-state index contributed by atoms with van der Waals surface area (Å²) in [6.45, 7) is 2.09. The quantitative estimate of drug-likeness (QED) is 0.424. The normalized spacial score (nSPS) is 13.3. The van der Waals surface area contributed by atoms with Gasteiger partial charge in [-0.2, -0.15) is 0 Å². The largest absolute Gasteiger partial charge is 0.452 e. The molecule has 0 unspecified atom stereocenters. The predicted molar refractivity (Wildman–Crippen MR) is 108 cm³/mol. The second kappa shape index (κ2) is 9.17. The Hall–Kier alpha value is -3.75. The summed E-state index contributed by atoms with van der Waals surface area (Å²) < 4.78 is 5.21. The summed E-state index contributed by atoms with van der Waals surface area (Å²) in [5.74, 6) is -1.36. The second-order valence-corrected chi connectivity index (χ2v) is 6.81. The molecule has 2 aromatic rings. The zero-order chi connectivity index (χ0) is 21.7. The summed E-state index contributed by atoms with van der Waals surface area (Å²) in [4.78, 5) is 48.4. The van der Waals surface area contributed by atoms with Crippen LogP contribution in [-0.4, -0.2) is 41.9 Å². The van der Waals surface area contributed by atoms with Gasteiger partial charge in [0.15, 0.2) is 6.10 Å². The maximum atomic E-state index is 12.6. The lowest BCUT2D eigenvalue weighted by atomic mass is 10.2. The Labute approximate surface area is 172 Å². The van der Waals surface area contributed by atoms with Gasteiger partial charge in [0.05, 0.1) is 11.3 Å². The van der Waals surface area contributed by atoms with E-state index in [1.165, 1.54) is 31.2 Å². The van der Waals surface area contributed by atoms with Crippen LogP contribution in [-0.2, 0) is 20.7 Å². The van der Waals surface area contributed by atoms with Gasteiger partial charge in [-0.15, -0.1) is 0 Å². The summed E-state index contributed by atoms with van der Waals surface area (Å²) in [6.07, 6.45) is -0.279. The van der Waals surface area contributed by atoms with E-state index in [4.69, 9.17) is 4.74 Å². The first-order chi connectivity index (χ1) is 14.4. The molecular weight excluding hydrogens is 390 g/mol. The number of carbonyl (C=O) groups excluding carboxylic acids is 3.